The molecule has 6 rings (SSSR count). The van der Waals surface area contributed by atoms with Crippen molar-refractivity contribution in [1.29, 1.82) is 0 Å². The summed E-state index contributed by atoms with van der Waals surface area (Å²) in [5.41, 5.74) is 3.74. The first-order valence-corrected chi connectivity index (χ1v) is 12.0. The van der Waals surface area contributed by atoms with E-state index in [4.69, 9.17) is 4.74 Å². The molecule has 0 radical (unpaired) electrons. The predicted molar refractivity (Wildman–Crippen MR) is 133 cm³/mol. The van der Waals surface area contributed by atoms with Gasteiger partial charge in [0.2, 0.25) is 0 Å². The number of fused-ring (bicyclic) bond motifs is 5. The zero-order chi connectivity index (χ0) is 23.9. The topological polar surface area (TPSA) is 87.6 Å². The molecule has 3 atom stereocenters. The predicted octanol–water partition coefficient (Wildman–Crippen LogP) is 4.15. The minimum absolute atomic E-state index is 0.0300. The van der Waals surface area contributed by atoms with Gasteiger partial charge in [0.15, 0.2) is 0 Å². The first kappa shape index (κ1) is 21.7. The summed E-state index contributed by atoms with van der Waals surface area (Å²) in [6.07, 6.45) is 2.80. The molecule has 2 aromatic carbocycles. The number of carbonyl (C=O) groups is 1. The van der Waals surface area contributed by atoms with Gasteiger partial charge in [0.05, 0.1) is 0 Å². The second-order valence-corrected chi connectivity index (χ2v) is 9.62. The summed E-state index contributed by atoms with van der Waals surface area (Å²) in [6.45, 7) is 2.38. The number of H-pyrrole nitrogens is 1. The number of aliphatic carboxylic acids is 1. The molecule has 1 unspecified atom stereocenters. The van der Waals surface area contributed by atoms with Gasteiger partial charge in [0.1, 0.15) is 18.4 Å². The van der Waals surface area contributed by atoms with Crippen LogP contribution in [0.5, 0.6) is 5.75 Å². The van der Waals surface area contributed by atoms with Crippen molar-refractivity contribution in [2.45, 2.75) is 31.5 Å². The Morgan fingerprint density at radius 1 is 1.06 bits per heavy atom. The maximum absolute atomic E-state index is 12.6. The molecule has 4 aromatic rings. The van der Waals surface area contributed by atoms with E-state index in [0.717, 1.165) is 39.9 Å². The van der Waals surface area contributed by atoms with Crippen molar-refractivity contribution in [1.82, 2.24) is 14.5 Å². The highest BCUT2D eigenvalue weighted by molar-refractivity contribution is 5.90. The number of hydrogen-bond acceptors (Lipinski definition) is 4. The fourth-order valence-corrected chi connectivity index (χ4v) is 5.81. The number of ether oxygens (including phenoxy) is 1. The number of benzene rings is 2. The molecule has 0 aliphatic carbocycles. The van der Waals surface area contributed by atoms with E-state index >= 15 is 0 Å². The van der Waals surface area contributed by atoms with Crippen LogP contribution in [0.15, 0.2) is 77.7 Å². The van der Waals surface area contributed by atoms with Crippen LogP contribution >= 0.6 is 0 Å². The number of nitrogens with zero attached hydrogens (tertiary/aromatic N) is 2. The van der Waals surface area contributed by atoms with Crippen molar-refractivity contribution in [2.24, 2.45) is 5.92 Å². The number of nitrogens with one attached hydrogen (secondary N) is 1. The quantitative estimate of drug-likeness (QED) is 0.443. The van der Waals surface area contributed by atoms with Gasteiger partial charge in [-0.05, 0) is 36.1 Å². The molecule has 178 valence electrons. The lowest BCUT2D eigenvalue weighted by molar-refractivity contribution is -0.144. The Kier molecular flexibility index (Phi) is 5.41. The zero-order valence-electron chi connectivity index (χ0n) is 19.3. The molecular formula is C28H27N3O4. The lowest BCUT2D eigenvalue weighted by atomic mass is 9.82. The number of piperidine rings is 1. The fraction of sp³-hybridized carbons (Fsp3) is 0.286. The van der Waals surface area contributed by atoms with Crippen LogP contribution in [0.25, 0.3) is 10.9 Å². The highest BCUT2D eigenvalue weighted by Gasteiger charge is 2.40. The molecule has 2 N–H and O–H groups in total. The van der Waals surface area contributed by atoms with Crippen LogP contribution in [0.3, 0.4) is 0 Å². The van der Waals surface area contributed by atoms with Crippen molar-refractivity contribution in [2.75, 3.05) is 13.1 Å². The molecule has 0 amide bonds. The lowest BCUT2D eigenvalue weighted by Crippen LogP contribution is -2.49. The summed E-state index contributed by atoms with van der Waals surface area (Å²) in [6, 6.07) is 20.4. The summed E-state index contributed by atoms with van der Waals surface area (Å²) in [7, 11) is 0. The Morgan fingerprint density at radius 3 is 2.74 bits per heavy atom. The normalized spacial score (nSPS) is 20.3. The molecule has 4 heterocycles. The number of aromatic nitrogens is 2. The molecule has 2 aliphatic heterocycles. The van der Waals surface area contributed by atoms with Crippen molar-refractivity contribution in [3.8, 4) is 5.75 Å². The van der Waals surface area contributed by atoms with Gasteiger partial charge in [-0.25, -0.2) is 0 Å². The molecule has 0 saturated carbocycles. The SMILES string of the molecule is O=C(O)C(c1c[nH]c2cc(OCc3ccccc3)ccc12)N1C[C@@H]2C[C@H](C1)c1cccc(=O)n1C2. The van der Waals surface area contributed by atoms with Crippen molar-refractivity contribution >= 4 is 16.9 Å². The number of pyridine rings is 1. The summed E-state index contributed by atoms with van der Waals surface area (Å²) in [5.74, 6) is 0.282. The Hall–Kier alpha value is -3.84. The second kappa shape index (κ2) is 8.74. The summed E-state index contributed by atoms with van der Waals surface area (Å²) in [5, 5.41) is 11.2. The first-order chi connectivity index (χ1) is 17.1. The van der Waals surface area contributed by atoms with E-state index < -0.39 is 12.0 Å². The van der Waals surface area contributed by atoms with E-state index in [0.29, 0.717) is 26.2 Å². The average molecular weight is 470 g/mol. The van der Waals surface area contributed by atoms with Gasteiger partial charge in [-0.15, -0.1) is 0 Å². The molecule has 0 spiro atoms. The van der Waals surface area contributed by atoms with Crippen LogP contribution in [-0.2, 0) is 17.9 Å². The monoisotopic (exact) mass is 469 g/mol. The molecule has 7 nitrogen and oxygen atoms in total. The summed E-state index contributed by atoms with van der Waals surface area (Å²) in [4.78, 5) is 30.2. The van der Waals surface area contributed by atoms with Crippen LogP contribution in [0, 0.1) is 5.92 Å². The molecule has 2 bridgehead atoms. The van der Waals surface area contributed by atoms with Crippen molar-refractivity contribution < 1.29 is 14.6 Å². The third-order valence-corrected chi connectivity index (χ3v) is 7.34. The molecule has 1 fully saturated rings. The Balaban J connectivity index is 1.27. The highest BCUT2D eigenvalue weighted by Crippen LogP contribution is 2.40. The van der Waals surface area contributed by atoms with Gasteiger partial charge in [-0.3, -0.25) is 14.5 Å². The van der Waals surface area contributed by atoms with E-state index in [2.05, 4.69) is 9.88 Å². The maximum Gasteiger partial charge on any atom is 0.325 e. The third kappa shape index (κ3) is 4.02. The highest BCUT2D eigenvalue weighted by atomic mass is 16.5. The maximum atomic E-state index is 12.6. The van der Waals surface area contributed by atoms with E-state index in [1.165, 1.54) is 0 Å². The second-order valence-electron chi connectivity index (χ2n) is 9.62. The summed E-state index contributed by atoms with van der Waals surface area (Å²) >= 11 is 0. The van der Waals surface area contributed by atoms with Crippen LogP contribution < -0.4 is 10.3 Å². The largest absolute Gasteiger partial charge is 0.489 e. The number of carboxylic acids is 1. The lowest BCUT2D eigenvalue weighted by Gasteiger charge is -2.44. The van der Waals surface area contributed by atoms with Gasteiger partial charge in [0, 0.05) is 66.0 Å². The minimum Gasteiger partial charge on any atom is -0.489 e. The molecule has 1 saturated heterocycles. The van der Waals surface area contributed by atoms with Crippen molar-refractivity contribution in [3.63, 3.8) is 0 Å². The van der Waals surface area contributed by atoms with Crippen molar-refractivity contribution in [3.05, 3.63) is 100 Å². The molecular weight excluding hydrogens is 442 g/mol. The number of aromatic amines is 1. The van der Waals surface area contributed by atoms with E-state index in [1.54, 1.807) is 12.1 Å². The van der Waals surface area contributed by atoms with Gasteiger partial charge < -0.3 is 19.4 Å². The van der Waals surface area contributed by atoms with Gasteiger partial charge in [-0.1, -0.05) is 36.4 Å². The van der Waals surface area contributed by atoms with Crippen LogP contribution in [-0.4, -0.2) is 38.6 Å². The van der Waals surface area contributed by atoms with E-state index in [9.17, 15) is 14.7 Å². The van der Waals surface area contributed by atoms with E-state index in [-0.39, 0.29) is 17.4 Å². The number of hydrogen-bond donors (Lipinski definition) is 2. The fourth-order valence-electron chi connectivity index (χ4n) is 5.81. The molecule has 2 aliphatic rings. The van der Waals surface area contributed by atoms with Crippen LogP contribution in [0.2, 0.25) is 0 Å². The Bertz CT molecular complexity index is 1440. The number of likely N-dealkylation sites (tertiary alicyclic amines) is 1. The standard InChI is InChI=1S/C28H27N3O4/c32-26-8-4-7-25-20-11-19(15-31(25)26)14-30(16-20)27(28(33)34)23-13-29-24-12-21(9-10-22(23)24)35-17-18-5-2-1-3-6-18/h1-10,12-13,19-20,27,29H,11,14-17H2,(H,33,34)/t19-,20+,27?/m0/s1. The first-order valence-electron chi connectivity index (χ1n) is 12.0. The molecule has 35 heavy (non-hydrogen) atoms. The van der Waals surface area contributed by atoms with Gasteiger partial charge in [-0.2, -0.15) is 0 Å². The Morgan fingerprint density at radius 2 is 1.91 bits per heavy atom. The van der Waals surface area contributed by atoms with Gasteiger partial charge in [0.25, 0.3) is 5.56 Å². The number of carboxylic acid groups (broad SMARTS) is 1. The summed E-state index contributed by atoms with van der Waals surface area (Å²) < 4.78 is 7.82. The smallest absolute Gasteiger partial charge is 0.325 e. The third-order valence-electron chi connectivity index (χ3n) is 7.34. The minimum atomic E-state index is -0.860. The zero-order valence-corrected chi connectivity index (χ0v) is 19.3. The van der Waals surface area contributed by atoms with E-state index in [1.807, 2.05) is 65.4 Å². The Labute approximate surface area is 202 Å². The molecule has 7 heteroatoms. The average Bonchev–Trinajstić information content (AvgIpc) is 3.27. The number of rotatable bonds is 6. The van der Waals surface area contributed by atoms with Crippen LogP contribution in [0.4, 0.5) is 0 Å². The van der Waals surface area contributed by atoms with Crippen LogP contribution in [0.1, 0.15) is 35.2 Å². The molecule has 2 aromatic heterocycles. The van der Waals surface area contributed by atoms with Gasteiger partial charge >= 0.3 is 5.97 Å².